The van der Waals surface area contributed by atoms with Crippen molar-refractivity contribution in [3.8, 4) is 22.6 Å². The number of morpholine rings is 1. The van der Waals surface area contributed by atoms with E-state index in [4.69, 9.17) is 14.5 Å². The van der Waals surface area contributed by atoms with Crippen molar-refractivity contribution in [3.05, 3.63) is 83.2 Å². The van der Waals surface area contributed by atoms with E-state index in [-0.39, 0.29) is 5.56 Å². The zero-order valence-corrected chi connectivity index (χ0v) is 16.4. The molecule has 1 aliphatic rings. The van der Waals surface area contributed by atoms with Gasteiger partial charge >= 0.3 is 0 Å². The summed E-state index contributed by atoms with van der Waals surface area (Å²) in [7, 11) is 0. The number of nitrogens with zero attached hydrogens (tertiary/aromatic N) is 2. The number of aromatic nitrogens is 2. The third-order valence-corrected chi connectivity index (χ3v) is 5.18. The van der Waals surface area contributed by atoms with Gasteiger partial charge in [0.1, 0.15) is 11.5 Å². The van der Waals surface area contributed by atoms with Crippen molar-refractivity contribution in [1.29, 1.82) is 0 Å². The second kappa shape index (κ2) is 8.00. The third kappa shape index (κ3) is 3.65. The van der Waals surface area contributed by atoms with Crippen LogP contribution in [-0.4, -0.2) is 36.3 Å². The number of para-hydroxylation sites is 2. The lowest BCUT2D eigenvalue weighted by atomic mass is 10.0. The van der Waals surface area contributed by atoms with E-state index in [0.717, 1.165) is 22.6 Å². The Balaban J connectivity index is 1.52. The summed E-state index contributed by atoms with van der Waals surface area (Å²) in [6, 6.07) is 23.2. The number of hydrogen-bond acceptors (Lipinski definition) is 5. The summed E-state index contributed by atoms with van der Waals surface area (Å²) < 4.78 is 11.3. The second-order valence-corrected chi connectivity index (χ2v) is 7.13. The van der Waals surface area contributed by atoms with Gasteiger partial charge in [0.05, 0.1) is 24.1 Å². The average Bonchev–Trinajstić information content (AvgIpc) is 2.81. The molecule has 0 bridgehead atoms. The molecule has 1 fully saturated rings. The highest BCUT2D eigenvalue weighted by Crippen LogP contribution is 2.29. The van der Waals surface area contributed by atoms with Gasteiger partial charge in [0.2, 0.25) is 5.95 Å². The van der Waals surface area contributed by atoms with E-state index in [1.165, 1.54) is 0 Å². The summed E-state index contributed by atoms with van der Waals surface area (Å²) >= 11 is 0. The number of nitrogens with one attached hydrogen (secondary N) is 1. The molecule has 5 rings (SSSR count). The number of aromatic amines is 1. The van der Waals surface area contributed by atoms with E-state index >= 15 is 0 Å². The first-order chi connectivity index (χ1) is 14.8. The molecule has 0 unspecified atom stereocenters. The zero-order valence-electron chi connectivity index (χ0n) is 16.4. The summed E-state index contributed by atoms with van der Waals surface area (Å²) in [6.07, 6.45) is 0. The Morgan fingerprint density at radius 2 is 1.60 bits per heavy atom. The number of anilines is 1. The highest BCUT2D eigenvalue weighted by atomic mass is 16.5. The summed E-state index contributed by atoms with van der Waals surface area (Å²) in [4.78, 5) is 22.5. The van der Waals surface area contributed by atoms with Crippen LogP contribution in [0.4, 0.5) is 5.95 Å². The van der Waals surface area contributed by atoms with Crippen LogP contribution in [0.1, 0.15) is 0 Å². The van der Waals surface area contributed by atoms with Crippen LogP contribution < -0.4 is 15.2 Å². The minimum Gasteiger partial charge on any atom is -0.457 e. The lowest BCUT2D eigenvalue weighted by Gasteiger charge is -2.27. The Labute approximate surface area is 173 Å². The molecule has 1 saturated heterocycles. The number of fused-ring (bicyclic) bond motifs is 1. The minimum atomic E-state index is -0.132. The number of H-pyrrole nitrogens is 1. The maximum atomic E-state index is 12.7. The first-order valence-corrected chi connectivity index (χ1v) is 9.97. The summed E-state index contributed by atoms with van der Waals surface area (Å²) in [6.45, 7) is 2.68. The molecule has 1 aliphatic heterocycles. The largest absolute Gasteiger partial charge is 0.457 e. The highest BCUT2D eigenvalue weighted by Gasteiger charge is 2.16. The smallest absolute Gasteiger partial charge is 0.260 e. The van der Waals surface area contributed by atoms with E-state index in [0.29, 0.717) is 43.2 Å². The Kier molecular flexibility index (Phi) is 4.91. The van der Waals surface area contributed by atoms with Gasteiger partial charge in [-0.15, -0.1) is 0 Å². The molecule has 0 aliphatic carbocycles. The van der Waals surface area contributed by atoms with Crippen LogP contribution in [0.3, 0.4) is 0 Å². The summed E-state index contributed by atoms with van der Waals surface area (Å²) in [5.41, 5.74) is 2.46. The Hall–Kier alpha value is -3.64. The molecular weight excluding hydrogens is 378 g/mol. The quantitative estimate of drug-likeness (QED) is 0.557. The van der Waals surface area contributed by atoms with E-state index in [1.54, 1.807) is 6.07 Å². The summed E-state index contributed by atoms with van der Waals surface area (Å²) in [5, 5.41) is 0.578. The van der Waals surface area contributed by atoms with Crippen molar-refractivity contribution in [2.24, 2.45) is 0 Å². The fourth-order valence-corrected chi connectivity index (χ4v) is 3.63. The Morgan fingerprint density at radius 3 is 2.37 bits per heavy atom. The van der Waals surface area contributed by atoms with Crippen molar-refractivity contribution in [2.45, 2.75) is 0 Å². The Morgan fingerprint density at radius 1 is 0.867 bits per heavy atom. The van der Waals surface area contributed by atoms with Gasteiger partial charge in [-0.3, -0.25) is 9.78 Å². The molecule has 1 N–H and O–H groups in total. The lowest BCUT2D eigenvalue weighted by molar-refractivity contribution is 0.122. The zero-order chi connectivity index (χ0) is 20.3. The van der Waals surface area contributed by atoms with E-state index < -0.39 is 0 Å². The lowest BCUT2D eigenvalue weighted by Crippen LogP contribution is -2.38. The van der Waals surface area contributed by atoms with Gasteiger partial charge in [-0.2, -0.15) is 0 Å². The normalized spacial score (nSPS) is 14.1. The Bertz CT molecular complexity index is 1210. The van der Waals surface area contributed by atoms with Crippen LogP contribution in [0, 0.1) is 0 Å². The van der Waals surface area contributed by atoms with Gasteiger partial charge < -0.3 is 14.4 Å². The third-order valence-electron chi connectivity index (χ3n) is 5.18. The maximum absolute atomic E-state index is 12.7. The molecule has 1 aromatic heterocycles. The fraction of sp³-hybridized carbons (Fsp3) is 0.167. The average molecular weight is 399 g/mol. The molecule has 0 atom stereocenters. The predicted octanol–water partition coefficient (Wildman–Crippen LogP) is 4.22. The minimum absolute atomic E-state index is 0.132. The van der Waals surface area contributed by atoms with E-state index in [1.807, 2.05) is 66.7 Å². The molecular formula is C24H21N3O3. The topological polar surface area (TPSA) is 67.5 Å². The molecule has 2 heterocycles. The molecule has 0 amide bonds. The monoisotopic (exact) mass is 399 g/mol. The molecule has 4 aromatic rings. The highest BCUT2D eigenvalue weighted by molar-refractivity contribution is 5.93. The first-order valence-electron chi connectivity index (χ1n) is 9.97. The molecule has 0 radical (unpaired) electrons. The van der Waals surface area contributed by atoms with Crippen molar-refractivity contribution in [2.75, 3.05) is 31.2 Å². The first kappa shape index (κ1) is 18.4. The summed E-state index contributed by atoms with van der Waals surface area (Å²) in [5.74, 6) is 2.14. The van der Waals surface area contributed by atoms with Crippen LogP contribution in [0.2, 0.25) is 0 Å². The van der Waals surface area contributed by atoms with Crippen LogP contribution in [0.5, 0.6) is 11.5 Å². The fourth-order valence-electron chi connectivity index (χ4n) is 3.63. The van der Waals surface area contributed by atoms with Crippen LogP contribution in [0.15, 0.2) is 77.6 Å². The number of benzene rings is 3. The van der Waals surface area contributed by atoms with Crippen LogP contribution in [-0.2, 0) is 4.74 Å². The van der Waals surface area contributed by atoms with Crippen molar-refractivity contribution >= 4 is 16.9 Å². The van der Waals surface area contributed by atoms with Gasteiger partial charge in [-0.1, -0.05) is 42.5 Å². The molecule has 6 nitrogen and oxygen atoms in total. The van der Waals surface area contributed by atoms with Crippen molar-refractivity contribution < 1.29 is 9.47 Å². The molecule has 150 valence electrons. The molecule has 0 saturated carbocycles. The van der Waals surface area contributed by atoms with Gasteiger partial charge in [0.15, 0.2) is 0 Å². The van der Waals surface area contributed by atoms with Gasteiger partial charge in [-0.25, -0.2) is 4.98 Å². The SMILES string of the molecule is O=c1[nH]c(N2CCOCC2)nc2c(-c3ccc(Oc4ccccc4)cc3)cccc12. The predicted molar refractivity (Wildman–Crippen MR) is 117 cm³/mol. The van der Waals surface area contributed by atoms with Crippen LogP contribution in [0.25, 0.3) is 22.0 Å². The molecule has 0 spiro atoms. The number of rotatable bonds is 4. The van der Waals surface area contributed by atoms with Crippen LogP contribution >= 0.6 is 0 Å². The van der Waals surface area contributed by atoms with Crippen molar-refractivity contribution in [3.63, 3.8) is 0 Å². The van der Waals surface area contributed by atoms with Gasteiger partial charge in [0, 0.05) is 18.7 Å². The maximum Gasteiger partial charge on any atom is 0.260 e. The van der Waals surface area contributed by atoms with E-state index in [9.17, 15) is 4.79 Å². The second-order valence-electron chi connectivity index (χ2n) is 7.13. The number of hydrogen-bond donors (Lipinski definition) is 1. The van der Waals surface area contributed by atoms with Gasteiger partial charge in [0.25, 0.3) is 5.56 Å². The standard InChI is InChI=1S/C24H21N3O3/c28-23-21-8-4-7-20(22(21)25-24(26-23)27-13-15-29-16-14-27)17-9-11-19(12-10-17)30-18-5-2-1-3-6-18/h1-12H,13-16H2,(H,25,26,28). The number of ether oxygens (including phenoxy) is 2. The molecule has 30 heavy (non-hydrogen) atoms. The molecule has 3 aromatic carbocycles. The van der Waals surface area contributed by atoms with Gasteiger partial charge in [-0.05, 0) is 35.9 Å². The van der Waals surface area contributed by atoms with E-state index in [2.05, 4.69) is 9.88 Å². The van der Waals surface area contributed by atoms with Crippen molar-refractivity contribution in [1.82, 2.24) is 9.97 Å². The molecule has 6 heteroatoms.